The maximum atomic E-state index is 12.1. The number of phenolic OH excluding ortho intramolecular Hbond substituents is 1. The van der Waals surface area contributed by atoms with Crippen molar-refractivity contribution in [3.8, 4) is 17.2 Å². The highest BCUT2D eigenvalue weighted by Crippen LogP contribution is 2.28. The van der Waals surface area contributed by atoms with Crippen LogP contribution >= 0.6 is 0 Å². The molecule has 0 atom stereocenters. The molecule has 2 aromatic carbocycles. The maximum Gasteiger partial charge on any atom is 0.336 e. The molecule has 1 aromatic heterocycles. The Balaban J connectivity index is 1.77. The van der Waals surface area contributed by atoms with E-state index in [1.54, 1.807) is 51.5 Å². The molecule has 0 aliphatic heterocycles. The van der Waals surface area contributed by atoms with Crippen LogP contribution in [0.25, 0.3) is 17.0 Å². The Labute approximate surface area is 166 Å². The van der Waals surface area contributed by atoms with Gasteiger partial charge in [0.1, 0.15) is 29.4 Å². The van der Waals surface area contributed by atoms with Gasteiger partial charge in [0.2, 0.25) is 0 Å². The fourth-order valence-electron chi connectivity index (χ4n) is 2.82. The minimum Gasteiger partial charge on any atom is -0.508 e. The highest BCUT2D eigenvalue weighted by molar-refractivity contribution is 5.88. The van der Waals surface area contributed by atoms with Crippen LogP contribution in [-0.2, 0) is 16.1 Å². The van der Waals surface area contributed by atoms with Crippen molar-refractivity contribution in [2.45, 2.75) is 13.5 Å². The van der Waals surface area contributed by atoms with Crippen molar-refractivity contribution in [2.24, 2.45) is 0 Å². The fourth-order valence-corrected chi connectivity index (χ4v) is 2.82. The average Bonchev–Trinajstić information content (AvgIpc) is 2.73. The molecule has 0 spiro atoms. The highest BCUT2D eigenvalue weighted by atomic mass is 16.5. The zero-order valence-electron chi connectivity index (χ0n) is 16.2. The Bertz CT molecular complexity index is 1120. The number of ether oxygens (including phenoxy) is 3. The topological polar surface area (TPSA) is 95.2 Å². The molecule has 1 heterocycles. The molecule has 0 radical (unpaired) electrons. The van der Waals surface area contributed by atoms with E-state index in [1.807, 2.05) is 0 Å². The monoisotopic (exact) mass is 396 g/mol. The normalized spacial score (nSPS) is 11.0. The third kappa shape index (κ3) is 4.57. The molecule has 29 heavy (non-hydrogen) atoms. The summed E-state index contributed by atoms with van der Waals surface area (Å²) in [5.74, 6) is 0.632. The number of methoxy groups -OCH3 is 2. The van der Waals surface area contributed by atoms with Gasteiger partial charge in [-0.25, -0.2) is 9.59 Å². The molecule has 0 saturated heterocycles. The van der Waals surface area contributed by atoms with Gasteiger partial charge in [0.15, 0.2) is 0 Å². The molecule has 0 bridgehead atoms. The second-order valence-electron chi connectivity index (χ2n) is 6.26. The first kappa shape index (κ1) is 20.0. The number of carbonyl (C=O) groups excluding carboxylic acids is 1. The summed E-state index contributed by atoms with van der Waals surface area (Å²) in [4.78, 5) is 23.9. The van der Waals surface area contributed by atoms with Crippen molar-refractivity contribution in [1.29, 1.82) is 0 Å². The molecule has 0 aliphatic rings. The van der Waals surface area contributed by atoms with Crippen LogP contribution in [0.15, 0.2) is 51.7 Å². The van der Waals surface area contributed by atoms with Gasteiger partial charge in [-0.2, -0.15) is 0 Å². The number of aryl methyl sites for hydroxylation is 1. The van der Waals surface area contributed by atoms with Crippen LogP contribution in [-0.4, -0.2) is 25.3 Å². The summed E-state index contributed by atoms with van der Waals surface area (Å²) < 4.78 is 20.8. The number of carbonyl (C=O) groups is 1. The predicted molar refractivity (Wildman–Crippen MR) is 107 cm³/mol. The Morgan fingerprint density at radius 2 is 1.79 bits per heavy atom. The number of benzene rings is 2. The van der Waals surface area contributed by atoms with E-state index in [0.717, 1.165) is 0 Å². The van der Waals surface area contributed by atoms with Crippen molar-refractivity contribution in [3.63, 3.8) is 0 Å². The molecule has 0 saturated carbocycles. The second-order valence-corrected chi connectivity index (χ2v) is 6.26. The summed E-state index contributed by atoms with van der Waals surface area (Å²) in [6.07, 6.45) is 2.85. The van der Waals surface area contributed by atoms with Gasteiger partial charge in [-0.3, -0.25) is 0 Å². The van der Waals surface area contributed by atoms with Crippen molar-refractivity contribution in [2.75, 3.05) is 14.2 Å². The van der Waals surface area contributed by atoms with Crippen LogP contribution < -0.4 is 15.1 Å². The molecule has 0 fully saturated rings. The molecule has 3 aromatic rings. The van der Waals surface area contributed by atoms with Gasteiger partial charge in [-0.1, -0.05) is 0 Å². The van der Waals surface area contributed by atoms with Crippen LogP contribution in [0.2, 0.25) is 0 Å². The first-order valence-electron chi connectivity index (χ1n) is 8.74. The Kier molecular flexibility index (Phi) is 5.87. The van der Waals surface area contributed by atoms with Crippen LogP contribution in [0.3, 0.4) is 0 Å². The van der Waals surface area contributed by atoms with Crippen molar-refractivity contribution >= 4 is 23.0 Å². The highest BCUT2D eigenvalue weighted by Gasteiger charge is 2.12. The number of aromatic hydroxyl groups is 1. The van der Waals surface area contributed by atoms with E-state index in [9.17, 15) is 14.7 Å². The minimum absolute atomic E-state index is 0.0199. The molecular formula is C22H20O7. The SMILES string of the molecule is COc1cc(/C=C/C(=O)OCc2cc(=O)oc3c(C)c(O)ccc23)cc(OC)c1. The third-order valence-corrected chi connectivity index (χ3v) is 4.37. The molecule has 0 aliphatic carbocycles. The summed E-state index contributed by atoms with van der Waals surface area (Å²) >= 11 is 0. The zero-order valence-corrected chi connectivity index (χ0v) is 16.2. The van der Waals surface area contributed by atoms with Crippen LogP contribution in [0, 0.1) is 6.92 Å². The zero-order chi connectivity index (χ0) is 21.0. The smallest absolute Gasteiger partial charge is 0.336 e. The molecule has 0 unspecified atom stereocenters. The number of esters is 1. The molecule has 7 nitrogen and oxygen atoms in total. The quantitative estimate of drug-likeness (QED) is 0.386. The third-order valence-electron chi connectivity index (χ3n) is 4.37. The van der Waals surface area contributed by atoms with Crippen molar-refractivity contribution < 1.29 is 28.5 Å². The lowest BCUT2D eigenvalue weighted by Gasteiger charge is -2.08. The van der Waals surface area contributed by atoms with Gasteiger partial charge in [-0.15, -0.1) is 0 Å². The van der Waals surface area contributed by atoms with Gasteiger partial charge in [0, 0.05) is 34.7 Å². The van der Waals surface area contributed by atoms with E-state index in [2.05, 4.69) is 0 Å². The van der Waals surface area contributed by atoms with Gasteiger partial charge in [0.05, 0.1) is 14.2 Å². The summed E-state index contributed by atoms with van der Waals surface area (Å²) in [6.45, 7) is 1.53. The predicted octanol–water partition coefficient (Wildman–Crippen LogP) is 3.58. The van der Waals surface area contributed by atoms with Crippen LogP contribution in [0.5, 0.6) is 17.2 Å². The van der Waals surface area contributed by atoms with E-state index < -0.39 is 11.6 Å². The number of phenols is 1. The molecule has 1 N–H and O–H groups in total. The van der Waals surface area contributed by atoms with E-state index in [1.165, 1.54) is 18.2 Å². The summed E-state index contributed by atoms with van der Waals surface area (Å²) in [7, 11) is 3.08. The number of hydrogen-bond donors (Lipinski definition) is 1. The van der Waals surface area contributed by atoms with Crippen LogP contribution in [0.1, 0.15) is 16.7 Å². The largest absolute Gasteiger partial charge is 0.508 e. The molecule has 150 valence electrons. The average molecular weight is 396 g/mol. The van der Waals surface area contributed by atoms with Crippen molar-refractivity contribution in [3.05, 3.63) is 69.6 Å². The number of hydrogen-bond acceptors (Lipinski definition) is 7. The van der Waals surface area contributed by atoms with E-state index in [-0.39, 0.29) is 17.9 Å². The van der Waals surface area contributed by atoms with E-state index in [0.29, 0.717) is 33.6 Å². The molecule has 3 rings (SSSR count). The number of fused-ring (bicyclic) bond motifs is 1. The van der Waals surface area contributed by atoms with Gasteiger partial charge in [-0.05, 0) is 42.8 Å². The first-order chi connectivity index (χ1) is 13.9. The van der Waals surface area contributed by atoms with E-state index in [4.69, 9.17) is 18.6 Å². The Morgan fingerprint density at radius 1 is 1.10 bits per heavy atom. The minimum atomic E-state index is -0.587. The maximum absolute atomic E-state index is 12.1. The Morgan fingerprint density at radius 3 is 2.45 bits per heavy atom. The van der Waals surface area contributed by atoms with E-state index >= 15 is 0 Å². The molecule has 7 heteroatoms. The lowest BCUT2D eigenvalue weighted by Crippen LogP contribution is -2.06. The lowest BCUT2D eigenvalue weighted by molar-refractivity contribution is -0.138. The molecular weight excluding hydrogens is 376 g/mol. The van der Waals surface area contributed by atoms with Gasteiger partial charge >= 0.3 is 11.6 Å². The summed E-state index contributed by atoms with van der Waals surface area (Å²) in [5.41, 5.74) is 1.32. The Hall–Kier alpha value is -3.74. The summed E-state index contributed by atoms with van der Waals surface area (Å²) in [6, 6.07) is 9.60. The second kappa shape index (κ2) is 8.52. The fraction of sp³-hybridized carbons (Fsp3) is 0.182. The van der Waals surface area contributed by atoms with Gasteiger partial charge < -0.3 is 23.7 Å². The lowest BCUT2D eigenvalue weighted by atomic mass is 10.1. The molecule has 0 amide bonds. The summed E-state index contributed by atoms with van der Waals surface area (Å²) in [5, 5.41) is 10.4. The standard InChI is InChI=1S/C22H20O7/c1-13-19(23)6-5-18-15(10-21(25)29-22(13)18)12-28-20(24)7-4-14-8-16(26-2)11-17(9-14)27-3/h4-11,23H,12H2,1-3H3/b7-4+. The number of rotatable bonds is 6. The van der Waals surface area contributed by atoms with Crippen LogP contribution in [0.4, 0.5) is 0 Å². The first-order valence-corrected chi connectivity index (χ1v) is 8.74. The van der Waals surface area contributed by atoms with Crippen molar-refractivity contribution in [1.82, 2.24) is 0 Å². The van der Waals surface area contributed by atoms with Gasteiger partial charge in [0.25, 0.3) is 0 Å².